The first-order chi connectivity index (χ1) is 13.2. The Morgan fingerprint density at radius 1 is 1.07 bits per heavy atom. The van der Waals surface area contributed by atoms with E-state index in [0.717, 1.165) is 28.8 Å². The fraction of sp³-hybridized carbons (Fsp3) is 0.174. The van der Waals surface area contributed by atoms with Crippen molar-refractivity contribution in [1.82, 2.24) is 9.55 Å². The molecule has 132 valence electrons. The van der Waals surface area contributed by atoms with E-state index in [9.17, 15) is 9.59 Å². The standard InChI is InChI=1S/C23H18N2O2/c26-20-9-3-8-18-21(20)19-13-16-6-1-2-7-17(16)22(19)25(23(18)27)12-10-15-5-4-11-24-14-15/h1-8,11,14H,9-10,12-13H2. The van der Waals surface area contributed by atoms with Crippen molar-refractivity contribution in [3.8, 4) is 11.3 Å². The topological polar surface area (TPSA) is 52.0 Å². The molecule has 0 saturated carbocycles. The van der Waals surface area contributed by atoms with Crippen molar-refractivity contribution >= 4 is 11.9 Å². The van der Waals surface area contributed by atoms with Crippen molar-refractivity contribution in [3.63, 3.8) is 0 Å². The number of benzene rings is 1. The molecular weight excluding hydrogens is 336 g/mol. The summed E-state index contributed by atoms with van der Waals surface area (Å²) >= 11 is 0. The second-order valence-electron chi connectivity index (χ2n) is 7.05. The van der Waals surface area contributed by atoms with Gasteiger partial charge in [-0.3, -0.25) is 14.6 Å². The van der Waals surface area contributed by atoms with E-state index in [1.807, 2.05) is 41.1 Å². The van der Waals surface area contributed by atoms with Crippen LogP contribution in [0.15, 0.2) is 59.7 Å². The van der Waals surface area contributed by atoms with E-state index < -0.39 is 0 Å². The third-order valence-electron chi connectivity index (χ3n) is 5.46. The highest BCUT2D eigenvalue weighted by molar-refractivity contribution is 6.05. The van der Waals surface area contributed by atoms with Gasteiger partial charge in [0.05, 0.1) is 11.3 Å². The van der Waals surface area contributed by atoms with Gasteiger partial charge in [0.15, 0.2) is 5.78 Å². The minimum absolute atomic E-state index is 0.0491. The van der Waals surface area contributed by atoms with Crippen LogP contribution in [0.5, 0.6) is 0 Å². The van der Waals surface area contributed by atoms with Gasteiger partial charge >= 0.3 is 0 Å². The number of aromatic nitrogens is 2. The molecular formula is C23H18N2O2. The van der Waals surface area contributed by atoms with Crippen LogP contribution < -0.4 is 5.56 Å². The highest BCUT2D eigenvalue weighted by Crippen LogP contribution is 2.39. The number of fused-ring (bicyclic) bond motifs is 5. The van der Waals surface area contributed by atoms with Crippen molar-refractivity contribution in [1.29, 1.82) is 0 Å². The highest BCUT2D eigenvalue weighted by atomic mass is 16.1. The number of Topliss-reactive ketones (excluding diaryl/α,β-unsaturated/α-hetero) is 1. The second-order valence-corrected chi connectivity index (χ2v) is 7.05. The van der Waals surface area contributed by atoms with E-state index in [1.54, 1.807) is 12.3 Å². The lowest BCUT2D eigenvalue weighted by molar-refractivity contribution is 0.0993. The lowest BCUT2D eigenvalue weighted by atomic mass is 9.91. The second kappa shape index (κ2) is 6.16. The summed E-state index contributed by atoms with van der Waals surface area (Å²) in [5.41, 5.74) is 6.37. The van der Waals surface area contributed by atoms with Crippen LogP contribution in [0.1, 0.15) is 39.0 Å². The first-order valence-corrected chi connectivity index (χ1v) is 9.20. The van der Waals surface area contributed by atoms with E-state index in [2.05, 4.69) is 17.1 Å². The van der Waals surface area contributed by atoms with Gasteiger partial charge in [-0.2, -0.15) is 0 Å². The third-order valence-corrected chi connectivity index (χ3v) is 5.46. The summed E-state index contributed by atoms with van der Waals surface area (Å²) in [4.78, 5) is 30.1. The largest absolute Gasteiger partial charge is 0.307 e. The molecule has 0 bridgehead atoms. The van der Waals surface area contributed by atoms with Gasteiger partial charge in [-0.25, -0.2) is 0 Å². The minimum Gasteiger partial charge on any atom is -0.307 e. The SMILES string of the molecule is O=C1CC=Cc2c1c1c(n(CCc3cccnc3)c2=O)-c2ccccc2C1. The quantitative estimate of drug-likeness (QED) is 0.564. The summed E-state index contributed by atoms with van der Waals surface area (Å²) in [5, 5.41) is 0. The summed E-state index contributed by atoms with van der Waals surface area (Å²) < 4.78 is 1.86. The Bertz CT molecular complexity index is 1160. The molecule has 0 spiro atoms. The molecule has 4 nitrogen and oxygen atoms in total. The van der Waals surface area contributed by atoms with Crippen LogP contribution in [0.3, 0.4) is 0 Å². The average molecular weight is 354 g/mol. The predicted octanol–water partition coefficient (Wildman–Crippen LogP) is 3.66. The molecule has 5 rings (SSSR count). The zero-order valence-electron chi connectivity index (χ0n) is 14.8. The number of aryl methyl sites for hydroxylation is 1. The summed E-state index contributed by atoms with van der Waals surface area (Å²) in [7, 11) is 0. The van der Waals surface area contributed by atoms with Gasteiger partial charge in [0.1, 0.15) is 0 Å². The smallest absolute Gasteiger partial charge is 0.259 e. The number of hydrogen-bond donors (Lipinski definition) is 0. The van der Waals surface area contributed by atoms with Gasteiger partial charge in [0.2, 0.25) is 0 Å². The molecule has 27 heavy (non-hydrogen) atoms. The van der Waals surface area contributed by atoms with Crippen molar-refractivity contribution in [2.24, 2.45) is 0 Å². The molecule has 2 heterocycles. The van der Waals surface area contributed by atoms with Gasteiger partial charge < -0.3 is 4.57 Å². The van der Waals surface area contributed by atoms with Gasteiger partial charge in [-0.15, -0.1) is 0 Å². The molecule has 0 atom stereocenters. The number of rotatable bonds is 3. The first-order valence-electron chi connectivity index (χ1n) is 9.20. The van der Waals surface area contributed by atoms with Crippen LogP contribution in [0.4, 0.5) is 0 Å². The fourth-order valence-corrected chi connectivity index (χ4v) is 4.23. The lowest BCUT2D eigenvalue weighted by Gasteiger charge is -2.19. The van der Waals surface area contributed by atoms with Gasteiger partial charge in [0.25, 0.3) is 5.56 Å². The lowest BCUT2D eigenvalue weighted by Crippen LogP contribution is -2.29. The summed E-state index contributed by atoms with van der Waals surface area (Å²) in [5.74, 6) is 0.0491. The van der Waals surface area contributed by atoms with Crippen LogP contribution in [0.25, 0.3) is 17.3 Å². The van der Waals surface area contributed by atoms with Crippen LogP contribution in [-0.4, -0.2) is 15.3 Å². The molecule has 4 heteroatoms. The molecule has 0 amide bonds. The van der Waals surface area contributed by atoms with Crippen molar-refractivity contribution in [2.45, 2.75) is 25.8 Å². The predicted molar refractivity (Wildman–Crippen MR) is 105 cm³/mol. The maximum absolute atomic E-state index is 13.3. The number of allylic oxidation sites excluding steroid dienone is 1. The van der Waals surface area contributed by atoms with Crippen LogP contribution in [0, 0.1) is 0 Å². The molecule has 1 aromatic carbocycles. The summed E-state index contributed by atoms with van der Waals surface area (Å²) in [6.45, 7) is 0.566. The fourth-order valence-electron chi connectivity index (χ4n) is 4.23. The van der Waals surface area contributed by atoms with Crippen molar-refractivity contribution in [3.05, 3.63) is 93.0 Å². The van der Waals surface area contributed by atoms with E-state index in [0.29, 0.717) is 30.5 Å². The molecule has 0 N–H and O–H groups in total. The van der Waals surface area contributed by atoms with E-state index in [1.165, 1.54) is 5.56 Å². The number of nitrogens with zero attached hydrogens (tertiary/aromatic N) is 2. The minimum atomic E-state index is -0.0753. The van der Waals surface area contributed by atoms with Crippen molar-refractivity contribution in [2.75, 3.05) is 0 Å². The van der Waals surface area contributed by atoms with E-state index in [4.69, 9.17) is 0 Å². The van der Waals surface area contributed by atoms with Crippen molar-refractivity contribution < 1.29 is 4.79 Å². The zero-order chi connectivity index (χ0) is 18.4. The van der Waals surface area contributed by atoms with Gasteiger partial charge in [-0.05, 0) is 29.2 Å². The Hall–Kier alpha value is -3.27. The van der Waals surface area contributed by atoms with Crippen LogP contribution in [0.2, 0.25) is 0 Å². The number of pyridine rings is 2. The Morgan fingerprint density at radius 3 is 2.81 bits per heavy atom. The molecule has 2 aromatic heterocycles. The zero-order valence-corrected chi connectivity index (χ0v) is 14.8. The van der Waals surface area contributed by atoms with Gasteiger partial charge in [0, 0.05) is 42.9 Å². The maximum atomic E-state index is 13.3. The summed E-state index contributed by atoms with van der Waals surface area (Å²) in [6.07, 6.45) is 9.00. The van der Waals surface area contributed by atoms with E-state index >= 15 is 0 Å². The van der Waals surface area contributed by atoms with Crippen LogP contribution in [-0.2, 0) is 19.4 Å². The Kier molecular flexibility index (Phi) is 3.64. The Balaban J connectivity index is 1.72. The molecule has 0 radical (unpaired) electrons. The highest BCUT2D eigenvalue weighted by Gasteiger charge is 2.31. The number of carbonyl (C=O) groups is 1. The van der Waals surface area contributed by atoms with Crippen LogP contribution >= 0.6 is 0 Å². The Labute approximate surface area is 156 Å². The molecule has 0 unspecified atom stereocenters. The first kappa shape index (κ1) is 15.9. The molecule has 3 aromatic rings. The summed E-state index contributed by atoms with van der Waals surface area (Å²) in [6, 6.07) is 12.1. The molecule has 0 aliphatic heterocycles. The molecule has 0 saturated heterocycles. The number of hydrogen-bond acceptors (Lipinski definition) is 3. The average Bonchev–Trinajstić information content (AvgIpc) is 3.08. The monoisotopic (exact) mass is 354 g/mol. The molecule has 2 aliphatic carbocycles. The molecule has 2 aliphatic rings. The third kappa shape index (κ3) is 2.48. The number of carbonyl (C=O) groups excluding carboxylic acids is 1. The maximum Gasteiger partial charge on any atom is 0.259 e. The van der Waals surface area contributed by atoms with Gasteiger partial charge in [-0.1, -0.05) is 42.5 Å². The van der Waals surface area contributed by atoms with E-state index in [-0.39, 0.29) is 11.3 Å². The normalized spacial score (nSPS) is 14.0. The molecule has 0 fully saturated rings. The number of ketones is 1. The Morgan fingerprint density at radius 2 is 1.96 bits per heavy atom.